The summed E-state index contributed by atoms with van der Waals surface area (Å²) in [7, 11) is 0. The van der Waals surface area contributed by atoms with Crippen LogP contribution in [0.3, 0.4) is 0 Å². The third-order valence-electron chi connectivity index (χ3n) is 5.76. The number of fused-ring (bicyclic) bond motifs is 1. The topological polar surface area (TPSA) is 65.8 Å². The zero-order valence-electron chi connectivity index (χ0n) is 17.4. The van der Waals surface area contributed by atoms with E-state index in [1.54, 1.807) is 6.21 Å². The van der Waals surface area contributed by atoms with Crippen LogP contribution in [0.2, 0.25) is 0 Å². The molecule has 0 saturated heterocycles. The van der Waals surface area contributed by atoms with Gasteiger partial charge in [0.05, 0.1) is 6.21 Å². The van der Waals surface area contributed by atoms with Crippen LogP contribution in [0.1, 0.15) is 23.1 Å². The second kappa shape index (κ2) is 8.47. The second-order valence-corrected chi connectivity index (χ2v) is 7.79. The molecule has 1 aliphatic rings. The van der Waals surface area contributed by atoms with Gasteiger partial charge in [-0.2, -0.15) is 10.2 Å². The average Bonchev–Trinajstić information content (AvgIpc) is 3.32. The van der Waals surface area contributed by atoms with Crippen LogP contribution in [0.15, 0.2) is 113 Å². The Morgan fingerprint density at radius 1 is 0.844 bits per heavy atom. The van der Waals surface area contributed by atoms with Gasteiger partial charge >= 0.3 is 0 Å². The lowest BCUT2D eigenvalue weighted by molar-refractivity contribution is -0.114. The van der Waals surface area contributed by atoms with Crippen LogP contribution < -0.4 is 10.9 Å². The predicted octanol–water partition coefficient (Wildman–Crippen LogP) is 4.58. The maximum absolute atomic E-state index is 12.8. The molecule has 156 valence electrons. The summed E-state index contributed by atoms with van der Waals surface area (Å²) in [5.74, 6) is -0.316. The van der Waals surface area contributed by atoms with Gasteiger partial charge in [0.15, 0.2) is 0 Å². The lowest BCUT2D eigenvalue weighted by atomic mass is 9.80. The fourth-order valence-electron chi connectivity index (χ4n) is 4.09. The van der Waals surface area contributed by atoms with Crippen LogP contribution in [0.4, 0.5) is 0 Å². The standard InChI is InChI=1S/C27H22N4O/c32-26(30-28-19-20-15-16-21-9-7-8-10-22(21)17-20)25-18-27(31-29-25,23-11-3-1-4-12-23)24-13-5-2-6-14-24/h1-17,19,31H,18H2,(H,30,32). The SMILES string of the molecule is O=C(NN=Cc1ccc2ccccc2c1)C1=NNC(c2ccccc2)(c2ccccc2)C1. The molecule has 0 unspecified atom stereocenters. The van der Waals surface area contributed by atoms with E-state index >= 15 is 0 Å². The molecule has 32 heavy (non-hydrogen) atoms. The molecule has 0 bridgehead atoms. The van der Waals surface area contributed by atoms with Gasteiger partial charge in [-0.25, -0.2) is 5.43 Å². The van der Waals surface area contributed by atoms with E-state index in [1.165, 1.54) is 5.39 Å². The number of carbonyl (C=O) groups is 1. The molecule has 0 aromatic heterocycles. The largest absolute Gasteiger partial charge is 0.294 e. The van der Waals surface area contributed by atoms with Crippen molar-refractivity contribution < 1.29 is 4.79 Å². The van der Waals surface area contributed by atoms with Crippen molar-refractivity contribution in [3.05, 3.63) is 120 Å². The lowest BCUT2D eigenvalue weighted by Gasteiger charge is -2.30. The molecule has 0 saturated carbocycles. The molecule has 0 radical (unpaired) electrons. The van der Waals surface area contributed by atoms with Crippen LogP contribution in [-0.2, 0) is 10.3 Å². The van der Waals surface area contributed by atoms with Gasteiger partial charge in [0, 0.05) is 6.42 Å². The van der Waals surface area contributed by atoms with Gasteiger partial charge in [-0.1, -0.05) is 97.1 Å². The Hall–Kier alpha value is -4.25. The van der Waals surface area contributed by atoms with E-state index in [0.29, 0.717) is 12.1 Å². The van der Waals surface area contributed by atoms with E-state index in [0.717, 1.165) is 22.1 Å². The zero-order chi connectivity index (χ0) is 21.8. The third kappa shape index (κ3) is 3.76. The Morgan fingerprint density at radius 3 is 2.16 bits per heavy atom. The molecule has 5 heteroatoms. The summed E-state index contributed by atoms with van der Waals surface area (Å²) in [5, 5.41) is 10.8. The van der Waals surface area contributed by atoms with Crippen LogP contribution >= 0.6 is 0 Å². The number of hydrogen-bond acceptors (Lipinski definition) is 4. The molecule has 0 aliphatic carbocycles. The Morgan fingerprint density at radius 2 is 1.47 bits per heavy atom. The Balaban J connectivity index is 1.33. The maximum Gasteiger partial charge on any atom is 0.287 e. The summed E-state index contributed by atoms with van der Waals surface area (Å²) in [4.78, 5) is 12.8. The number of nitrogens with one attached hydrogen (secondary N) is 2. The second-order valence-electron chi connectivity index (χ2n) is 7.79. The zero-order valence-corrected chi connectivity index (χ0v) is 17.4. The van der Waals surface area contributed by atoms with Gasteiger partial charge in [-0.15, -0.1) is 0 Å². The van der Waals surface area contributed by atoms with E-state index in [1.807, 2.05) is 91.0 Å². The lowest BCUT2D eigenvalue weighted by Crippen LogP contribution is -2.38. The maximum atomic E-state index is 12.8. The fraction of sp³-hybridized carbons (Fsp3) is 0.0741. The van der Waals surface area contributed by atoms with Crippen molar-refractivity contribution in [2.75, 3.05) is 0 Å². The number of benzene rings is 4. The van der Waals surface area contributed by atoms with E-state index in [2.05, 4.69) is 33.2 Å². The van der Waals surface area contributed by atoms with E-state index in [9.17, 15) is 4.79 Å². The van der Waals surface area contributed by atoms with Crippen molar-refractivity contribution in [3.8, 4) is 0 Å². The highest BCUT2D eigenvalue weighted by Gasteiger charge is 2.41. The van der Waals surface area contributed by atoms with Gasteiger partial charge < -0.3 is 0 Å². The minimum absolute atomic E-state index is 0.316. The normalized spacial score (nSPS) is 14.8. The Bertz CT molecular complexity index is 1270. The summed E-state index contributed by atoms with van der Waals surface area (Å²) >= 11 is 0. The van der Waals surface area contributed by atoms with E-state index < -0.39 is 5.54 Å². The van der Waals surface area contributed by atoms with Gasteiger partial charge in [0.1, 0.15) is 11.3 Å². The molecule has 0 atom stereocenters. The minimum Gasteiger partial charge on any atom is -0.294 e. The van der Waals surface area contributed by atoms with Gasteiger partial charge in [0.2, 0.25) is 0 Å². The molecular weight excluding hydrogens is 396 g/mol. The minimum atomic E-state index is -0.586. The summed E-state index contributed by atoms with van der Waals surface area (Å²) in [5.41, 5.74) is 8.70. The van der Waals surface area contributed by atoms with Crippen molar-refractivity contribution in [1.82, 2.24) is 10.9 Å². The number of hydrogen-bond donors (Lipinski definition) is 2. The molecule has 1 amide bonds. The van der Waals surface area contributed by atoms with Gasteiger partial charge in [-0.05, 0) is 33.5 Å². The van der Waals surface area contributed by atoms with Crippen LogP contribution in [0, 0.1) is 0 Å². The van der Waals surface area contributed by atoms with E-state index in [-0.39, 0.29) is 5.91 Å². The number of nitrogens with zero attached hydrogens (tertiary/aromatic N) is 2. The Labute approximate surface area is 186 Å². The van der Waals surface area contributed by atoms with Gasteiger partial charge in [0.25, 0.3) is 5.91 Å². The summed E-state index contributed by atoms with van der Waals surface area (Å²) < 4.78 is 0. The first kappa shape index (κ1) is 19.7. The molecular formula is C27H22N4O. The first-order chi connectivity index (χ1) is 15.7. The number of hydrazone groups is 2. The molecule has 2 N–H and O–H groups in total. The third-order valence-corrected chi connectivity index (χ3v) is 5.76. The van der Waals surface area contributed by atoms with Crippen LogP contribution in [0.25, 0.3) is 10.8 Å². The number of carbonyl (C=O) groups excluding carboxylic acids is 1. The molecule has 0 spiro atoms. The summed E-state index contributed by atoms with van der Waals surface area (Å²) in [6.07, 6.45) is 2.08. The first-order valence-electron chi connectivity index (χ1n) is 10.5. The molecule has 5 rings (SSSR count). The predicted molar refractivity (Wildman–Crippen MR) is 129 cm³/mol. The van der Waals surface area contributed by atoms with Crippen LogP contribution in [-0.4, -0.2) is 17.8 Å². The molecule has 4 aromatic rings. The van der Waals surface area contributed by atoms with Gasteiger partial charge in [-0.3, -0.25) is 10.2 Å². The first-order valence-corrected chi connectivity index (χ1v) is 10.5. The monoisotopic (exact) mass is 418 g/mol. The number of amides is 1. The highest BCUT2D eigenvalue weighted by Crippen LogP contribution is 2.36. The molecule has 0 fully saturated rings. The van der Waals surface area contributed by atoms with Crippen molar-refractivity contribution in [2.24, 2.45) is 10.2 Å². The number of rotatable bonds is 5. The fourth-order valence-corrected chi connectivity index (χ4v) is 4.09. The quantitative estimate of drug-likeness (QED) is 0.368. The van der Waals surface area contributed by atoms with Crippen LogP contribution in [0.5, 0.6) is 0 Å². The average molecular weight is 419 g/mol. The van der Waals surface area contributed by atoms with Crippen molar-refractivity contribution >= 4 is 28.6 Å². The van der Waals surface area contributed by atoms with Crippen molar-refractivity contribution in [3.63, 3.8) is 0 Å². The highest BCUT2D eigenvalue weighted by molar-refractivity contribution is 6.39. The molecule has 1 heterocycles. The summed E-state index contributed by atoms with van der Waals surface area (Å²) in [6.45, 7) is 0. The molecule has 4 aromatic carbocycles. The smallest absolute Gasteiger partial charge is 0.287 e. The van der Waals surface area contributed by atoms with E-state index in [4.69, 9.17) is 0 Å². The highest BCUT2D eigenvalue weighted by atomic mass is 16.2. The van der Waals surface area contributed by atoms with Crippen molar-refractivity contribution in [2.45, 2.75) is 12.0 Å². The Kier molecular flexibility index (Phi) is 5.22. The summed E-state index contributed by atoms with van der Waals surface area (Å²) in [6, 6.07) is 34.3. The molecule has 1 aliphatic heterocycles. The molecule has 5 nitrogen and oxygen atoms in total. The van der Waals surface area contributed by atoms with Crippen molar-refractivity contribution in [1.29, 1.82) is 0 Å².